The number of carbonyl (C=O) groups excluding carboxylic acids is 1. The van der Waals surface area contributed by atoms with Gasteiger partial charge in [0.2, 0.25) is 0 Å². The molecule has 0 unspecified atom stereocenters. The molecule has 0 aliphatic carbocycles. The molecule has 4 nitrogen and oxygen atoms in total. The Labute approximate surface area is 134 Å². The Morgan fingerprint density at radius 1 is 1.38 bits per heavy atom. The summed E-state index contributed by atoms with van der Waals surface area (Å²) in [6, 6.07) is 6.59. The van der Waals surface area contributed by atoms with Crippen LogP contribution >= 0.6 is 23.2 Å². The molecule has 0 aromatic heterocycles. The molecule has 0 fully saturated rings. The van der Waals surface area contributed by atoms with E-state index in [1.807, 2.05) is 6.07 Å². The fraction of sp³-hybridized carbons (Fsp3) is 0.333. The van der Waals surface area contributed by atoms with Crippen molar-refractivity contribution in [3.05, 3.63) is 40.0 Å². The molecule has 0 saturated carbocycles. The number of hydrogen-bond acceptors (Lipinski definition) is 3. The first-order chi connectivity index (χ1) is 10.1. The summed E-state index contributed by atoms with van der Waals surface area (Å²) in [6.45, 7) is 2.84. The average molecular weight is 326 g/mol. The molecular weight excluding hydrogens is 309 g/mol. The number of nitriles is 1. The van der Waals surface area contributed by atoms with Gasteiger partial charge in [-0.1, -0.05) is 43.0 Å². The summed E-state index contributed by atoms with van der Waals surface area (Å²) in [5.41, 5.74) is 0.413. The number of benzene rings is 1. The minimum atomic E-state index is -0.510. The second kappa shape index (κ2) is 9.28. The van der Waals surface area contributed by atoms with E-state index < -0.39 is 5.91 Å². The average Bonchev–Trinajstić information content (AvgIpc) is 2.45. The Bertz CT molecular complexity index is 565. The maximum absolute atomic E-state index is 12.0. The third-order valence-electron chi connectivity index (χ3n) is 2.72. The van der Waals surface area contributed by atoms with Gasteiger partial charge in [-0.2, -0.15) is 5.26 Å². The molecular formula is C15H17Cl2N3O. The van der Waals surface area contributed by atoms with E-state index in [-0.39, 0.29) is 5.57 Å². The van der Waals surface area contributed by atoms with E-state index in [0.29, 0.717) is 15.7 Å². The number of rotatable bonds is 7. The molecule has 1 rings (SSSR count). The summed E-state index contributed by atoms with van der Waals surface area (Å²) in [4.78, 5) is 12.0. The number of unbranched alkanes of at least 4 members (excludes halogenated alkanes) is 2. The topological polar surface area (TPSA) is 64.9 Å². The van der Waals surface area contributed by atoms with Gasteiger partial charge in [0.05, 0.1) is 10.7 Å². The number of nitrogens with zero attached hydrogens (tertiary/aromatic N) is 1. The number of halogens is 2. The highest BCUT2D eigenvalue weighted by Gasteiger charge is 2.11. The Morgan fingerprint density at radius 3 is 2.76 bits per heavy atom. The normalized spacial score (nSPS) is 10.9. The van der Waals surface area contributed by atoms with Gasteiger partial charge in [-0.3, -0.25) is 4.79 Å². The summed E-state index contributed by atoms with van der Waals surface area (Å²) in [5.74, 6) is -0.510. The first kappa shape index (κ1) is 17.4. The molecule has 2 N–H and O–H groups in total. The van der Waals surface area contributed by atoms with Crippen LogP contribution in [0.5, 0.6) is 0 Å². The molecule has 1 aromatic carbocycles. The van der Waals surface area contributed by atoms with E-state index in [1.54, 1.807) is 12.1 Å². The number of hydrogen-bond donors (Lipinski definition) is 2. The molecule has 0 spiro atoms. The maximum Gasteiger partial charge on any atom is 0.267 e. The molecule has 0 heterocycles. The standard InChI is InChI=1S/C15H17Cl2N3O/c1-2-3-4-7-19-10-11(9-18)15(21)20-14-6-5-12(16)8-13(14)17/h5-6,8,10,19H,2-4,7H2,1H3,(H,20,21)/b11-10-. The van der Waals surface area contributed by atoms with Crippen LogP contribution in [-0.4, -0.2) is 12.5 Å². The number of carbonyl (C=O) groups is 1. The summed E-state index contributed by atoms with van der Waals surface area (Å²) < 4.78 is 0. The molecule has 0 atom stereocenters. The molecule has 0 aliphatic heterocycles. The second-order valence-electron chi connectivity index (χ2n) is 4.41. The summed E-state index contributed by atoms with van der Waals surface area (Å²) >= 11 is 11.7. The van der Waals surface area contributed by atoms with Gasteiger partial charge >= 0.3 is 0 Å². The molecule has 0 bridgehead atoms. The Hall–Kier alpha value is -1.70. The summed E-state index contributed by atoms with van der Waals surface area (Å²) in [5, 5.41) is 15.4. The van der Waals surface area contributed by atoms with E-state index in [0.717, 1.165) is 25.8 Å². The minimum absolute atomic E-state index is 0.00230. The molecule has 0 saturated heterocycles. The first-order valence-corrected chi connectivity index (χ1v) is 7.44. The van der Waals surface area contributed by atoms with Gasteiger partial charge in [0.15, 0.2) is 0 Å². The highest BCUT2D eigenvalue weighted by Crippen LogP contribution is 2.25. The van der Waals surface area contributed by atoms with Crippen molar-refractivity contribution in [1.29, 1.82) is 5.26 Å². The second-order valence-corrected chi connectivity index (χ2v) is 5.25. The lowest BCUT2D eigenvalue weighted by atomic mass is 10.2. The lowest BCUT2D eigenvalue weighted by Gasteiger charge is -2.07. The third-order valence-corrected chi connectivity index (χ3v) is 3.26. The SMILES string of the molecule is CCCCCN/C=C(/C#N)C(=O)Nc1ccc(Cl)cc1Cl. The quantitative estimate of drug-likeness (QED) is 0.450. The number of nitrogens with one attached hydrogen (secondary N) is 2. The number of anilines is 1. The van der Waals surface area contributed by atoms with Crippen LogP contribution in [0.15, 0.2) is 30.0 Å². The van der Waals surface area contributed by atoms with Crippen molar-refractivity contribution in [2.45, 2.75) is 26.2 Å². The molecule has 112 valence electrons. The third kappa shape index (κ3) is 6.07. The number of amides is 1. The smallest absolute Gasteiger partial charge is 0.267 e. The predicted molar refractivity (Wildman–Crippen MR) is 86.3 cm³/mol. The monoisotopic (exact) mass is 325 g/mol. The van der Waals surface area contributed by atoms with Crippen LogP contribution in [0.3, 0.4) is 0 Å². The highest BCUT2D eigenvalue weighted by molar-refractivity contribution is 6.36. The lowest BCUT2D eigenvalue weighted by molar-refractivity contribution is -0.112. The minimum Gasteiger partial charge on any atom is -0.390 e. The van der Waals surface area contributed by atoms with E-state index in [2.05, 4.69) is 17.6 Å². The van der Waals surface area contributed by atoms with Gasteiger partial charge in [0.1, 0.15) is 11.6 Å². The van der Waals surface area contributed by atoms with Crippen molar-refractivity contribution in [3.63, 3.8) is 0 Å². The van der Waals surface area contributed by atoms with Gasteiger partial charge in [-0.25, -0.2) is 0 Å². The van der Waals surface area contributed by atoms with Crippen molar-refractivity contribution in [2.24, 2.45) is 0 Å². The van der Waals surface area contributed by atoms with Crippen LogP contribution in [0, 0.1) is 11.3 Å². The van der Waals surface area contributed by atoms with E-state index >= 15 is 0 Å². The van der Waals surface area contributed by atoms with Crippen molar-refractivity contribution < 1.29 is 4.79 Å². The molecule has 1 aromatic rings. The van der Waals surface area contributed by atoms with E-state index in [9.17, 15) is 4.79 Å². The summed E-state index contributed by atoms with van der Waals surface area (Å²) in [6.07, 6.45) is 4.65. The predicted octanol–water partition coefficient (Wildman–Crippen LogP) is 4.12. The fourth-order valence-corrected chi connectivity index (χ4v) is 2.04. The zero-order chi connectivity index (χ0) is 15.7. The molecule has 0 radical (unpaired) electrons. The zero-order valence-electron chi connectivity index (χ0n) is 11.7. The van der Waals surface area contributed by atoms with Gasteiger partial charge in [-0.15, -0.1) is 0 Å². The first-order valence-electron chi connectivity index (χ1n) is 6.68. The molecule has 1 amide bonds. The van der Waals surface area contributed by atoms with Crippen LogP contribution in [-0.2, 0) is 4.79 Å². The molecule has 0 aliphatic rings. The van der Waals surface area contributed by atoms with Crippen molar-refractivity contribution in [2.75, 3.05) is 11.9 Å². The maximum atomic E-state index is 12.0. The van der Waals surface area contributed by atoms with Crippen LogP contribution in [0.1, 0.15) is 26.2 Å². The fourth-order valence-electron chi connectivity index (χ4n) is 1.58. The Balaban J connectivity index is 2.63. The van der Waals surface area contributed by atoms with Crippen LogP contribution < -0.4 is 10.6 Å². The highest BCUT2D eigenvalue weighted by atomic mass is 35.5. The Kier molecular flexibility index (Phi) is 7.66. The van der Waals surface area contributed by atoms with Gasteiger partial charge in [-0.05, 0) is 24.6 Å². The van der Waals surface area contributed by atoms with E-state index in [1.165, 1.54) is 12.3 Å². The molecule has 6 heteroatoms. The van der Waals surface area contributed by atoms with Crippen LogP contribution in [0.2, 0.25) is 10.0 Å². The Morgan fingerprint density at radius 2 is 2.14 bits per heavy atom. The van der Waals surface area contributed by atoms with Crippen molar-refractivity contribution >= 4 is 34.8 Å². The molecule has 21 heavy (non-hydrogen) atoms. The van der Waals surface area contributed by atoms with Crippen LogP contribution in [0.25, 0.3) is 0 Å². The lowest BCUT2D eigenvalue weighted by Crippen LogP contribution is -2.17. The van der Waals surface area contributed by atoms with Gasteiger partial charge in [0.25, 0.3) is 5.91 Å². The summed E-state index contributed by atoms with van der Waals surface area (Å²) in [7, 11) is 0. The largest absolute Gasteiger partial charge is 0.390 e. The van der Waals surface area contributed by atoms with Crippen molar-refractivity contribution in [1.82, 2.24) is 5.32 Å². The van der Waals surface area contributed by atoms with E-state index in [4.69, 9.17) is 28.5 Å². The zero-order valence-corrected chi connectivity index (χ0v) is 13.3. The van der Waals surface area contributed by atoms with Gasteiger partial charge < -0.3 is 10.6 Å². The van der Waals surface area contributed by atoms with Crippen LogP contribution in [0.4, 0.5) is 5.69 Å². The van der Waals surface area contributed by atoms with Gasteiger partial charge in [0, 0.05) is 17.8 Å². The van der Waals surface area contributed by atoms with Crippen molar-refractivity contribution in [3.8, 4) is 6.07 Å².